The van der Waals surface area contributed by atoms with Crippen LogP contribution in [0.25, 0.3) is 0 Å². The van der Waals surface area contributed by atoms with Crippen molar-refractivity contribution in [2.45, 2.75) is 32.6 Å². The fourth-order valence-electron chi connectivity index (χ4n) is 1.50. The second-order valence-electron chi connectivity index (χ2n) is 4.18. The fraction of sp³-hybridized carbons (Fsp3) is 0.636. The molecule has 0 fully saturated rings. The summed E-state index contributed by atoms with van der Waals surface area (Å²) in [5, 5.41) is 6.83. The molecule has 1 aromatic rings. The summed E-state index contributed by atoms with van der Waals surface area (Å²) in [5.41, 5.74) is 7.27. The fourth-order valence-corrected chi connectivity index (χ4v) is 1.82. The van der Waals surface area contributed by atoms with Gasteiger partial charge in [0, 0.05) is 35.4 Å². The maximum atomic E-state index is 12.0. The van der Waals surface area contributed by atoms with Crippen LogP contribution in [-0.2, 0) is 17.3 Å². The van der Waals surface area contributed by atoms with Crippen molar-refractivity contribution in [3.8, 4) is 0 Å². The Morgan fingerprint density at radius 2 is 2.22 bits per heavy atom. The van der Waals surface area contributed by atoms with E-state index in [2.05, 4.69) is 10.4 Å². The van der Waals surface area contributed by atoms with Gasteiger partial charge in [0.05, 0.1) is 11.4 Å². The predicted octanol–water partition coefficient (Wildman–Crippen LogP) is 0.290. The minimum atomic E-state index is -0.959. The molecule has 2 unspecified atom stereocenters. The molecule has 102 valence electrons. The summed E-state index contributed by atoms with van der Waals surface area (Å²) in [5.74, 6) is -0.271. The number of anilines is 1. The van der Waals surface area contributed by atoms with E-state index < -0.39 is 10.8 Å². The molecule has 6 nitrogen and oxygen atoms in total. The van der Waals surface area contributed by atoms with Crippen molar-refractivity contribution in [3.05, 3.63) is 11.4 Å². The number of aryl methyl sites for hydroxylation is 2. The maximum absolute atomic E-state index is 12.0. The second kappa shape index (κ2) is 5.99. The largest absolute Gasteiger partial charge is 0.395 e. The molecule has 0 aliphatic heterocycles. The summed E-state index contributed by atoms with van der Waals surface area (Å²) < 4.78 is 12.8. The van der Waals surface area contributed by atoms with Gasteiger partial charge in [0.15, 0.2) is 0 Å². The molecule has 7 heteroatoms. The zero-order valence-corrected chi connectivity index (χ0v) is 12.0. The van der Waals surface area contributed by atoms with E-state index in [1.54, 1.807) is 17.9 Å². The normalized spacial score (nSPS) is 14.2. The van der Waals surface area contributed by atoms with E-state index in [0.717, 1.165) is 0 Å². The Balaban J connectivity index is 2.81. The van der Waals surface area contributed by atoms with Crippen molar-refractivity contribution < 1.29 is 9.00 Å². The van der Waals surface area contributed by atoms with Crippen LogP contribution in [0.4, 0.5) is 5.69 Å². The topological polar surface area (TPSA) is 90.0 Å². The van der Waals surface area contributed by atoms with Gasteiger partial charge in [0.2, 0.25) is 0 Å². The van der Waals surface area contributed by atoms with Crippen LogP contribution in [-0.4, -0.2) is 37.9 Å². The van der Waals surface area contributed by atoms with Gasteiger partial charge in [0.1, 0.15) is 5.69 Å². The van der Waals surface area contributed by atoms with E-state index in [0.29, 0.717) is 30.2 Å². The molecule has 0 saturated carbocycles. The van der Waals surface area contributed by atoms with Crippen LogP contribution in [0.3, 0.4) is 0 Å². The number of carbonyl (C=O) groups is 1. The highest BCUT2D eigenvalue weighted by Crippen LogP contribution is 2.16. The molecule has 0 spiro atoms. The Bertz CT molecular complexity index is 470. The third-order valence-electron chi connectivity index (χ3n) is 2.81. The van der Waals surface area contributed by atoms with Crippen molar-refractivity contribution in [3.63, 3.8) is 0 Å². The van der Waals surface area contributed by atoms with Gasteiger partial charge < -0.3 is 11.1 Å². The first kappa shape index (κ1) is 14.7. The summed E-state index contributed by atoms with van der Waals surface area (Å²) in [6.07, 6.45) is 1.62. The number of aromatic nitrogens is 2. The summed E-state index contributed by atoms with van der Waals surface area (Å²) >= 11 is 0. The van der Waals surface area contributed by atoms with Crippen molar-refractivity contribution >= 4 is 22.4 Å². The number of nitrogens with one attached hydrogen (secondary N) is 1. The molecule has 3 N–H and O–H groups in total. The quantitative estimate of drug-likeness (QED) is 0.806. The highest BCUT2D eigenvalue weighted by Gasteiger charge is 2.19. The lowest BCUT2D eigenvalue weighted by atomic mass is 10.3. The van der Waals surface area contributed by atoms with E-state index in [1.165, 1.54) is 0 Å². The zero-order chi connectivity index (χ0) is 13.9. The first-order valence-electron chi connectivity index (χ1n) is 5.81. The van der Waals surface area contributed by atoms with Gasteiger partial charge in [-0.25, -0.2) is 0 Å². The summed E-state index contributed by atoms with van der Waals surface area (Å²) in [7, 11) is -0.959. The van der Waals surface area contributed by atoms with Crippen LogP contribution in [0.15, 0.2) is 0 Å². The van der Waals surface area contributed by atoms with Crippen LogP contribution in [0.1, 0.15) is 30.0 Å². The highest BCUT2D eigenvalue weighted by atomic mass is 32.2. The molecule has 0 radical (unpaired) electrons. The Labute approximate surface area is 109 Å². The third kappa shape index (κ3) is 3.10. The molecule has 0 bridgehead atoms. The number of carbonyl (C=O) groups excluding carboxylic acids is 1. The molecule has 2 atom stereocenters. The zero-order valence-electron chi connectivity index (χ0n) is 11.2. The van der Waals surface area contributed by atoms with Crippen LogP contribution >= 0.6 is 0 Å². The van der Waals surface area contributed by atoms with Crippen molar-refractivity contribution in [2.75, 3.05) is 18.5 Å². The number of hydrogen-bond acceptors (Lipinski definition) is 4. The lowest BCUT2D eigenvalue weighted by Crippen LogP contribution is -2.34. The number of hydrogen-bond donors (Lipinski definition) is 2. The summed E-state index contributed by atoms with van der Waals surface area (Å²) in [4.78, 5) is 12.0. The second-order valence-corrected chi connectivity index (χ2v) is 5.98. The van der Waals surface area contributed by atoms with E-state index in [4.69, 9.17) is 5.73 Å². The first-order chi connectivity index (χ1) is 8.38. The smallest absolute Gasteiger partial charge is 0.271 e. The molecule has 1 heterocycles. The minimum Gasteiger partial charge on any atom is -0.395 e. The number of rotatable bonds is 5. The van der Waals surface area contributed by atoms with Crippen LogP contribution in [0.5, 0.6) is 0 Å². The molecule has 0 saturated heterocycles. The Morgan fingerprint density at radius 3 is 2.72 bits per heavy atom. The van der Waals surface area contributed by atoms with Crippen LogP contribution in [0, 0.1) is 6.92 Å². The molecule has 1 aromatic heterocycles. The molecular formula is C11H20N4O2S. The van der Waals surface area contributed by atoms with E-state index >= 15 is 0 Å². The van der Waals surface area contributed by atoms with Gasteiger partial charge in [-0.05, 0) is 20.8 Å². The van der Waals surface area contributed by atoms with E-state index in [9.17, 15) is 9.00 Å². The van der Waals surface area contributed by atoms with Gasteiger partial charge in [-0.2, -0.15) is 5.10 Å². The average Bonchev–Trinajstić information content (AvgIpc) is 2.61. The molecule has 18 heavy (non-hydrogen) atoms. The monoisotopic (exact) mass is 272 g/mol. The van der Waals surface area contributed by atoms with E-state index in [1.807, 2.05) is 13.8 Å². The molecule has 0 aliphatic carbocycles. The van der Waals surface area contributed by atoms with E-state index in [-0.39, 0.29) is 11.2 Å². The Morgan fingerprint density at radius 1 is 1.61 bits per heavy atom. The average molecular weight is 272 g/mol. The molecule has 0 aromatic carbocycles. The lowest BCUT2D eigenvalue weighted by Gasteiger charge is -2.11. The van der Waals surface area contributed by atoms with Gasteiger partial charge in [-0.3, -0.25) is 13.7 Å². The van der Waals surface area contributed by atoms with Gasteiger partial charge in [0.25, 0.3) is 5.91 Å². The number of nitrogen functional groups attached to an aromatic ring is 1. The summed E-state index contributed by atoms with van der Waals surface area (Å²) in [6, 6.07) is 0. The van der Waals surface area contributed by atoms with Crippen molar-refractivity contribution in [1.29, 1.82) is 0 Å². The highest BCUT2D eigenvalue weighted by molar-refractivity contribution is 7.84. The number of amides is 1. The summed E-state index contributed by atoms with van der Waals surface area (Å²) in [6.45, 7) is 6.42. The van der Waals surface area contributed by atoms with Crippen LogP contribution < -0.4 is 11.1 Å². The number of nitrogens with two attached hydrogens (primary N) is 1. The van der Waals surface area contributed by atoms with Gasteiger partial charge >= 0.3 is 0 Å². The van der Waals surface area contributed by atoms with Crippen LogP contribution in [0.2, 0.25) is 0 Å². The molecule has 0 aliphatic rings. The third-order valence-corrected chi connectivity index (χ3v) is 4.10. The standard InChI is InChI=1S/C11H20N4O2S/c1-5-15-10(9(12)8(3)14-15)11(16)13-6-7(2)18(4)17/h7H,5-6,12H2,1-4H3,(H,13,16). The maximum Gasteiger partial charge on any atom is 0.271 e. The van der Waals surface area contributed by atoms with Crippen molar-refractivity contribution in [2.24, 2.45) is 0 Å². The lowest BCUT2D eigenvalue weighted by molar-refractivity contribution is 0.0944. The Kier molecular flexibility index (Phi) is 4.89. The first-order valence-corrected chi connectivity index (χ1v) is 7.43. The number of nitrogens with zero attached hydrogens (tertiary/aromatic N) is 2. The van der Waals surface area contributed by atoms with Gasteiger partial charge in [-0.1, -0.05) is 0 Å². The Hall–Kier alpha value is -1.37. The predicted molar refractivity (Wildman–Crippen MR) is 72.9 cm³/mol. The molecule has 1 amide bonds. The van der Waals surface area contributed by atoms with Crippen molar-refractivity contribution in [1.82, 2.24) is 15.1 Å². The minimum absolute atomic E-state index is 0.0886. The molecule has 1 rings (SSSR count). The molecular weight excluding hydrogens is 252 g/mol. The SMILES string of the molecule is CCn1nc(C)c(N)c1C(=O)NCC(C)S(C)=O. The van der Waals surface area contributed by atoms with Gasteiger partial charge in [-0.15, -0.1) is 0 Å².